The third-order valence-electron chi connectivity index (χ3n) is 11.7. The number of carbonyl (C=O) groups excluding carboxylic acids is 1. The molecule has 0 saturated carbocycles. The van der Waals surface area contributed by atoms with Crippen LogP contribution in [0.4, 0.5) is 27.5 Å². The highest BCUT2D eigenvalue weighted by molar-refractivity contribution is 9.10. The maximum absolute atomic E-state index is 13.1. The largest absolute Gasteiger partial charge is 0.497 e. The Morgan fingerprint density at radius 3 is 1.26 bits per heavy atom. The summed E-state index contributed by atoms with van der Waals surface area (Å²) in [5.41, 5.74) is 12.8. The number of fused-ring (bicyclic) bond motifs is 1. The minimum absolute atomic E-state index is 0.333. The third-order valence-corrected chi connectivity index (χ3v) is 12.2. The van der Waals surface area contributed by atoms with E-state index in [1.807, 2.05) is 127 Å². The van der Waals surface area contributed by atoms with Crippen LogP contribution in [0.25, 0.3) is 27.8 Å². The number of benzene rings is 8. The molecule has 0 fully saturated rings. The Bertz CT molecular complexity index is 3190. The molecule has 392 valence electrons. The fraction of sp³-hybridized carbons (Fsp3) is 0.164. The number of hydrogen-bond donors (Lipinski definition) is 2. The third kappa shape index (κ3) is 15.3. The highest BCUT2D eigenvalue weighted by Gasteiger charge is 2.17. The van der Waals surface area contributed by atoms with Gasteiger partial charge >= 0.3 is 11.7 Å². The van der Waals surface area contributed by atoms with Gasteiger partial charge in [0.25, 0.3) is 0 Å². The molecule has 0 aliphatic carbocycles. The molecule has 0 atom stereocenters. The lowest BCUT2D eigenvalue weighted by atomic mass is 9.99. The van der Waals surface area contributed by atoms with E-state index in [0.29, 0.717) is 40.2 Å². The van der Waals surface area contributed by atoms with Gasteiger partial charge in [-0.3, -0.25) is 9.47 Å². The molecule has 3 N–H and O–H groups in total. The molecule has 0 aliphatic heterocycles. The number of carbonyl (C=O) groups is 1. The molecule has 0 unspecified atom stereocenters. The minimum Gasteiger partial charge on any atom is -0.497 e. The predicted octanol–water partition coefficient (Wildman–Crippen LogP) is 14.0. The molecular weight excluding hydrogens is 1030 g/mol. The standard InChI is InChI=1S/C25H24N2O3.C15H16N2O3.C14H15NO2.C7H7BrO/c1-16(2)17-5-7-18(8-6-17)24-22-15-21(30-4)13-14-23(22)27(25(28)26-24)19-9-11-20(29-3)12-10-19;1-19-13-7-3-11(4-8-13)17(15(16)18)12-5-9-14(20-2)10-6-12;1-16-13-7-3-11(4-8-13)15-12-5-9-14(17-2)10-6-12;1-9-7-4-2-6(8)3-5-7/h5-16H,1-4H3;3-10H,1-2H3,(H2,16,18);3-10,15H,1-2H3;2-5H,1H3. The molecule has 15 heteroatoms. The summed E-state index contributed by atoms with van der Waals surface area (Å²) < 4.78 is 38.7. The Balaban J connectivity index is 0.000000177. The number of nitrogens with two attached hydrogens (primary N) is 1. The first kappa shape index (κ1) is 56.3. The van der Waals surface area contributed by atoms with Crippen molar-refractivity contribution in [1.29, 1.82) is 0 Å². The summed E-state index contributed by atoms with van der Waals surface area (Å²) >= 11 is 3.32. The van der Waals surface area contributed by atoms with E-state index in [1.54, 1.807) is 103 Å². The molecule has 1 aromatic heterocycles. The van der Waals surface area contributed by atoms with Gasteiger partial charge in [0.2, 0.25) is 0 Å². The van der Waals surface area contributed by atoms with Crippen molar-refractivity contribution in [3.05, 3.63) is 209 Å². The zero-order valence-corrected chi connectivity index (χ0v) is 45.5. The van der Waals surface area contributed by atoms with Gasteiger partial charge < -0.3 is 44.2 Å². The molecule has 9 aromatic rings. The summed E-state index contributed by atoms with van der Waals surface area (Å²) in [5, 5.41) is 4.14. The fourth-order valence-electron chi connectivity index (χ4n) is 7.51. The average molecular weight is 1090 g/mol. The number of urea groups is 1. The van der Waals surface area contributed by atoms with E-state index in [-0.39, 0.29) is 5.69 Å². The van der Waals surface area contributed by atoms with Crippen molar-refractivity contribution < 1.29 is 38.0 Å². The van der Waals surface area contributed by atoms with E-state index in [4.69, 9.17) is 38.9 Å². The number of rotatable bonds is 14. The summed E-state index contributed by atoms with van der Waals surface area (Å²) in [6.45, 7) is 4.31. The van der Waals surface area contributed by atoms with Gasteiger partial charge in [0.05, 0.1) is 78.0 Å². The van der Waals surface area contributed by atoms with Crippen LogP contribution in [-0.2, 0) is 0 Å². The maximum atomic E-state index is 13.1. The van der Waals surface area contributed by atoms with Crippen LogP contribution < -0.4 is 54.8 Å². The van der Waals surface area contributed by atoms with Gasteiger partial charge in [-0.25, -0.2) is 9.59 Å². The van der Waals surface area contributed by atoms with Gasteiger partial charge in [-0.2, -0.15) is 4.98 Å². The Kier molecular flexibility index (Phi) is 20.7. The van der Waals surface area contributed by atoms with Crippen molar-refractivity contribution in [2.75, 3.05) is 60.0 Å². The Morgan fingerprint density at radius 2 is 0.882 bits per heavy atom. The van der Waals surface area contributed by atoms with Crippen molar-refractivity contribution in [2.24, 2.45) is 5.73 Å². The smallest absolute Gasteiger partial charge is 0.353 e. The normalized spacial score (nSPS) is 10.2. The van der Waals surface area contributed by atoms with Gasteiger partial charge in [0.1, 0.15) is 40.2 Å². The molecule has 0 bridgehead atoms. The first-order valence-electron chi connectivity index (χ1n) is 23.9. The van der Waals surface area contributed by atoms with Crippen LogP contribution in [0.15, 0.2) is 197 Å². The monoisotopic (exact) mass is 1090 g/mol. The predicted molar refractivity (Wildman–Crippen MR) is 308 cm³/mol. The van der Waals surface area contributed by atoms with Crippen molar-refractivity contribution >= 4 is 55.6 Å². The highest BCUT2D eigenvalue weighted by Crippen LogP contribution is 2.32. The molecular formula is C61H62BrN5O9. The van der Waals surface area contributed by atoms with Gasteiger partial charge in [0, 0.05) is 26.8 Å². The number of ether oxygens (including phenoxy) is 7. The summed E-state index contributed by atoms with van der Waals surface area (Å²) in [5.74, 6) is 5.90. The lowest BCUT2D eigenvalue weighted by Gasteiger charge is -2.21. The van der Waals surface area contributed by atoms with Crippen molar-refractivity contribution in [3.8, 4) is 57.2 Å². The van der Waals surface area contributed by atoms with E-state index >= 15 is 0 Å². The topological polar surface area (TPSA) is 158 Å². The van der Waals surface area contributed by atoms with Gasteiger partial charge in [-0.15, -0.1) is 0 Å². The number of primary amides is 1. The molecule has 0 saturated heterocycles. The Morgan fingerprint density at radius 1 is 0.513 bits per heavy atom. The minimum atomic E-state index is -0.555. The lowest BCUT2D eigenvalue weighted by molar-refractivity contribution is 0.256. The van der Waals surface area contributed by atoms with Crippen LogP contribution in [0.3, 0.4) is 0 Å². The number of hydrogen-bond acceptors (Lipinski definition) is 11. The van der Waals surface area contributed by atoms with Crippen LogP contribution >= 0.6 is 15.9 Å². The lowest BCUT2D eigenvalue weighted by Crippen LogP contribution is -2.31. The second-order valence-electron chi connectivity index (χ2n) is 16.7. The second kappa shape index (κ2) is 27.9. The highest BCUT2D eigenvalue weighted by atomic mass is 79.9. The van der Waals surface area contributed by atoms with Crippen LogP contribution in [0.5, 0.6) is 40.2 Å². The molecule has 76 heavy (non-hydrogen) atoms. The van der Waals surface area contributed by atoms with Crippen molar-refractivity contribution in [2.45, 2.75) is 19.8 Å². The zero-order chi connectivity index (χ0) is 54.6. The van der Waals surface area contributed by atoms with E-state index in [9.17, 15) is 9.59 Å². The number of nitrogens with one attached hydrogen (secondary N) is 1. The number of anilines is 4. The molecule has 2 amide bonds. The van der Waals surface area contributed by atoms with E-state index in [1.165, 1.54) is 10.5 Å². The Labute approximate surface area is 452 Å². The summed E-state index contributed by atoms with van der Waals surface area (Å²) in [4.78, 5) is 30.7. The molecule has 9 rings (SSSR count). The van der Waals surface area contributed by atoms with Crippen LogP contribution in [-0.4, -0.2) is 65.4 Å². The first-order chi connectivity index (χ1) is 36.8. The van der Waals surface area contributed by atoms with Crippen molar-refractivity contribution in [1.82, 2.24) is 9.55 Å². The molecule has 14 nitrogen and oxygen atoms in total. The molecule has 0 aliphatic rings. The molecule has 0 spiro atoms. The number of methoxy groups -OCH3 is 7. The zero-order valence-electron chi connectivity index (χ0n) is 43.9. The maximum Gasteiger partial charge on any atom is 0.353 e. The SMILES string of the molecule is COc1ccc(-n2c(=O)nc(-c3ccc(C(C)C)cc3)c3cc(OC)ccc32)cc1.COc1ccc(Br)cc1.COc1ccc(N(C(N)=O)c2ccc(OC)cc2)cc1.COc1ccc(Nc2ccc(OC)cc2)cc1. The second-order valence-corrected chi connectivity index (χ2v) is 17.7. The van der Waals surface area contributed by atoms with E-state index in [2.05, 4.69) is 52.2 Å². The van der Waals surface area contributed by atoms with Gasteiger partial charge in [0.15, 0.2) is 0 Å². The Hall–Kier alpha value is -8.95. The number of halogens is 1. The first-order valence-corrected chi connectivity index (χ1v) is 24.7. The van der Waals surface area contributed by atoms with Crippen LogP contribution in [0, 0.1) is 0 Å². The molecule has 0 radical (unpaired) electrons. The quantitative estimate of drug-likeness (QED) is 0.107. The number of nitrogens with zero attached hydrogens (tertiary/aromatic N) is 3. The van der Waals surface area contributed by atoms with Gasteiger partial charge in [-0.1, -0.05) is 54.0 Å². The summed E-state index contributed by atoms with van der Waals surface area (Å²) in [6.07, 6.45) is 0. The average Bonchev–Trinajstić information content (AvgIpc) is 3.46. The fourth-order valence-corrected chi connectivity index (χ4v) is 7.78. The van der Waals surface area contributed by atoms with E-state index < -0.39 is 6.03 Å². The van der Waals surface area contributed by atoms with Crippen LogP contribution in [0.2, 0.25) is 0 Å². The summed E-state index contributed by atoms with van der Waals surface area (Å²) in [7, 11) is 11.4. The summed E-state index contributed by atoms with van der Waals surface area (Å²) in [6, 6.07) is 58.2. The number of aromatic nitrogens is 2. The van der Waals surface area contributed by atoms with Gasteiger partial charge in [-0.05, 0) is 175 Å². The number of amides is 2. The molecule has 8 aromatic carbocycles. The van der Waals surface area contributed by atoms with Crippen LogP contribution in [0.1, 0.15) is 25.3 Å². The molecule has 1 heterocycles. The van der Waals surface area contributed by atoms with E-state index in [0.717, 1.165) is 61.0 Å². The van der Waals surface area contributed by atoms with Crippen molar-refractivity contribution in [3.63, 3.8) is 0 Å².